The van der Waals surface area contributed by atoms with Gasteiger partial charge in [0, 0.05) is 28.1 Å². The maximum atomic E-state index is 11.5. The zero-order chi connectivity index (χ0) is 13.6. The highest BCUT2D eigenvalue weighted by Gasteiger charge is 2.10. The van der Waals surface area contributed by atoms with Crippen molar-refractivity contribution in [1.29, 1.82) is 0 Å². The molecular formula is C13H23NO2S2. The molecule has 0 aliphatic heterocycles. The quantitative estimate of drug-likeness (QED) is 0.799. The number of hydrogen-bond acceptors (Lipinski definition) is 4. The predicted octanol–water partition coefficient (Wildman–Crippen LogP) is 2.40. The van der Waals surface area contributed by atoms with E-state index in [-0.39, 0.29) is 5.75 Å². The molecule has 0 aliphatic carbocycles. The molecule has 0 radical (unpaired) electrons. The van der Waals surface area contributed by atoms with Gasteiger partial charge in [-0.2, -0.15) is 0 Å². The van der Waals surface area contributed by atoms with Gasteiger partial charge in [0.2, 0.25) is 0 Å². The maximum absolute atomic E-state index is 11.5. The number of thiophene rings is 1. The first-order valence-corrected chi connectivity index (χ1v) is 9.06. The molecule has 3 nitrogen and oxygen atoms in total. The third-order valence-corrected chi connectivity index (χ3v) is 5.60. The van der Waals surface area contributed by atoms with Gasteiger partial charge in [0.1, 0.15) is 0 Å². The SMILES string of the molecule is CCCS(=O)(=O)CCNC(C)Cc1ccc(C)s1. The molecule has 1 rings (SSSR count). The molecule has 0 aliphatic rings. The van der Waals surface area contributed by atoms with E-state index < -0.39 is 9.84 Å². The molecule has 0 fully saturated rings. The summed E-state index contributed by atoms with van der Waals surface area (Å²) in [5.74, 6) is 0.543. The van der Waals surface area contributed by atoms with Crippen molar-refractivity contribution in [2.75, 3.05) is 18.1 Å². The van der Waals surface area contributed by atoms with E-state index >= 15 is 0 Å². The van der Waals surface area contributed by atoms with Crippen LogP contribution in [0.1, 0.15) is 30.0 Å². The fourth-order valence-electron chi connectivity index (χ4n) is 1.84. The Morgan fingerprint density at radius 3 is 2.61 bits per heavy atom. The second-order valence-corrected chi connectivity index (χ2v) is 8.40. The lowest BCUT2D eigenvalue weighted by atomic mass is 10.2. The van der Waals surface area contributed by atoms with E-state index in [1.165, 1.54) is 9.75 Å². The summed E-state index contributed by atoms with van der Waals surface area (Å²) in [5, 5.41) is 3.28. The monoisotopic (exact) mass is 289 g/mol. The van der Waals surface area contributed by atoms with Crippen LogP contribution in [0.4, 0.5) is 0 Å². The molecule has 1 atom stereocenters. The Hall–Kier alpha value is -0.390. The van der Waals surface area contributed by atoms with Crippen LogP contribution < -0.4 is 5.32 Å². The molecule has 1 aromatic heterocycles. The topological polar surface area (TPSA) is 46.2 Å². The second kappa shape index (κ2) is 7.26. The summed E-state index contributed by atoms with van der Waals surface area (Å²) < 4.78 is 23.1. The first kappa shape index (κ1) is 15.7. The highest BCUT2D eigenvalue weighted by atomic mass is 32.2. The van der Waals surface area contributed by atoms with Gasteiger partial charge in [0.05, 0.1) is 5.75 Å². The summed E-state index contributed by atoms with van der Waals surface area (Å²) in [6.07, 6.45) is 1.67. The average molecular weight is 289 g/mol. The summed E-state index contributed by atoms with van der Waals surface area (Å²) in [7, 11) is -2.86. The van der Waals surface area contributed by atoms with Crippen LogP contribution in [-0.2, 0) is 16.3 Å². The van der Waals surface area contributed by atoms with E-state index in [1.807, 2.05) is 6.92 Å². The van der Waals surface area contributed by atoms with Gasteiger partial charge < -0.3 is 5.32 Å². The lowest BCUT2D eigenvalue weighted by Crippen LogP contribution is -2.32. The van der Waals surface area contributed by atoms with Crippen LogP contribution in [0, 0.1) is 6.92 Å². The molecule has 1 heterocycles. The van der Waals surface area contributed by atoms with Gasteiger partial charge in [-0.25, -0.2) is 8.42 Å². The van der Waals surface area contributed by atoms with Crippen molar-refractivity contribution in [2.45, 2.75) is 39.7 Å². The molecule has 0 saturated carbocycles. The van der Waals surface area contributed by atoms with Crippen molar-refractivity contribution in [2.24, 2.45) is 0 Å². The van der Waals surface area contributed by atoms with Crippen LogP contribution in [0.3, 0.4) is 0 Å². The maximum Gasteiger partial charge on any atom is 0.151 e. The molecule has 0 saturated heterocycles. The van der Waals surface area contributed by atoms with Gasteiger partial charge in [-0.05, 0) is 38.8 Å². The molecule has 1 aromatic rings. The minimum Gasteiger partial charge on any atom is -0.313 e. The summed E-state index contributed by atoms with van der Waals surface area (Å²) >= 11 is 1.80. The van der Waals surface area contributed by atoms with E-state index in [1.54, 1.807) is 11.3 Å². The Morgan fingerprint density at radius 2 is 2.06 bits per heavy atom. The van der Waals surface area contributed by atoms with Crippen LogP contribution in [0.15, 0.2) is 12.1 Å². The Morgan fingerprint density at radius 1 is 1.33 bits per heavy atom. The van der Waals surface area contributed by atoms with Crippen LogP contribution in [0.25, 0.3) is 0 Å². The molecule has 0 aromatic carbocycles. The number of aryl methyl sites for hydroxylation is 1. The molecular weight excluding hydrogens is 266 g/mol. The van der Waals surface area contributed by atoms with Crippen molar-refractivity contribution < 1.29 is 8.42 Å². The molecule has 1 N–H and O–H groups in total. The first-order valence-electron chi connectivity index (χ1n) is 6.42. The van der Waals surface area contributed by atoms with Crippen LogP contribution >= 0.6 is 11.3 Å². The minimum absolute atomic E-state index is 0.245. The van der Waals surface area contributed by atoms with Crippen LogP contribution in [-0.4, -0.2) is 32.5 Å². The van der Waals surface area contributed by atoms with E-state index in [0.717, 1.165) is 6.42 Å². The zero-order valence-electron chi connectivity index (χ0n) is 11.4. The molecule has 0 amide bonds. The van der Waals surface area contributed by atoms with Gasteiger partial charge >= 0.3 is 0 Å². The number of hydrogen-bond donors (Lipinski definition) is 1. The lowest BCUT2D eigenvalue weighted by Gasteiger charge is -2.12. The summed E-state index contributed by atoms with van der Waals surface area (Å²) in [6.45, 7) is 6.64. The molecule has 1 unspecified atom stereocenters. The Balaban J connectivity index is 2.27. The van der Waals surface area contributed by atoms with E-state index in [2.05, 4.69) is 31.3 Å². The highest BCUT2D eigenvalue weighted by molar-refractivity contribution is 7.91. The number of nitrogens with one attached hydrogen (secondary N) is 1. The standard InChI is InChI=1S/C13H23NO2S2/c1-4-8-18(15,16)9-7-14-11(2)10-13-6-5-12(3)17-13/h5-6,11,14H,4,7-10H2,1-3H3. The van der Waals surface area contributed by atoms with E-state index in [9.17, 15) is 8.42 Å². The normalized spacial score (nSPS) is 13.7. The third-order valence-electron chi connectivity index (χ3n) is 2.72. The fourth-order valence-corrected chi connectivity index (χ4v) is 4.12. The van der Waals surface area contributed by atoms with Gasteiger partial charge in [-0.1, -0.05) is 6.92 Å². The molecule has 0 bridgehead atoms. The van der Waals surface area contributed by atoms with Crippen molar-refractivity contribution in [3.8, 4) is 0 Å². The second-order valence-electron chi connectivity index (χ2n) is 4.72. The zero-order valence-corrected chi connectivity index (χ0v) is 13.0. The smallest absolute Gasteiger partial charge is 0.151 e. The van der Waals surface area contributed by atoms with Crippen molar-refractivity contribution in [1.82, 2.24) is 5.32 Å². The predicted molar refractivity (Wildman–Crippen MR) is 79.2 cm³/mol. The van der Waals surface area contributed by atoms with E-state index in [4.69, 9.17) is 0 Å². The van der Waals surface area contributed by atoms with Gasteiger partial charge in [0.25, 0.3) is 0 Å². The summed E-state index contributed by atoms with van der Waals surface area (Å²) in [4.78, 5) is 2.67. The average Bonchev–Trinajstić information content (AvgIpc) is 2.63. The third kappa shape index (κ3) is 5.98. The summed E-state index contributed by atoms with van der Waals surface area (Å²) in [5.41, 5.74) is 0. The Labute approximate surface area is 115 Å². The molecule has 0 spiro atoms. The van der Waals surface area contributed by atoms with Gasteiger partial charge in [-0.15, -0.1) is 11.3 Å². The lowest BCUT2D eigenvalue weighted by molar-refractivity contribution is 0.556. The highest BCUT2D eigenvalue weighted by Crippen LogP contribution is 2.16. The number of sulfone groups is 1. The Bertz CT molecular complexity index is 451. The van der Waals surface area contributed by atoms with E-state index in [0.29, 0.717) is 24.8 Å². The largest absolute Gasteiger partial charge is 0.313 e. The number of rotatable bonds is 8. The van der Waals surface area contributed by atoms with Gasteiger partial charge in [-0.3, -0.25) is 0 Å². The van der Waals surface area contributed by atoms with Crippen molar-refractivity contribution in [3.05, 3.63) is 21.9 Å². The fraction of sp³-hybridized carbons (Fsp3) is 0.692. The summed E-state index contributed by atoms with van der Waals surface area (Å²) in [6, 6.07) is 4.59. The molecule has 5 heteroatoms. The molecule has 18 heavy (non-hydrogen) atoms. The van der Waals surface area contributed by atoms with Crippen LogP contribution in [0.2, 0.25) is 0 Å². The van der Waals surface area contributed by atoms with Crippen molar-refractivity contribution >= 4 is 21.2 Å². The van der Waals surface area contributed by atoms with Crippen LogP contribution in [0.5, 0.6) is 0 Å². The molecule has 104 valence electrons. The minimum atomic E-state index is -2.86. The van der Waals surface area contributed by atoms with Crippen molar-refractivity contribution in [3.63, 3.8) is 0 Å². The first-order chi connectivity index (χ1) is 8.43. The van der Waals surface area contributed by atoms with Gasteiger partial charge in [0.15, 0.2) is 9.84 Å². The Kier molecular flexibility index (Phi) is 6.32.